The predicted octanol–water partition coefficient (Wildman–Crippen LogP) is 3.07. The summed E-state index contributed by atoms with van der Waals surface area (Å²) in [5, 5.41) is 4.22. The zero-order chi connectivity index (χ0) is 20.6. The first-order valence-corrected chi connectivity index (χ1v) is 10.7. The van der Waals surface area contributed by atoms with Crippen molar-refractivity contribution in [2.75, 3.05) is 17.8 Å². The molecule has 1 fully saturated rings. The number of carbonyl (C=O) groups is 2. The monoisotopic (exact) mass is 413 g/mol. The van der Waals surface area contributed by atoms with E-state index in [-0.39, 0.29) is 22.3 Å². The third-order valence-electron chi connectivity index (χ3n) is 4.89. The molecule has 1 aliphatic heterocycles. The van der Waals surface area contributed by atoms with Crippen molar-refractivity contribution in [3.05, 3.63) is 53.7 Å². The molecule has 29 heavy (non-hydrogen) atoms. The Morgan fingerprint density at radius 3 is 2.41 bits per heavy atom. The van der Waals surface area contributed by atoms with Crippen molar-refractivity contribution in [1.82, 2.24) is 10.1 Å². The molecule has 0 atom stereocenters. The van der Waals surface area contributed by atoms with Gasteiger partial charge in [-0.3, -0.25) is 14.3 Å². The second kappa shape index (κ2) is 7.32. The zero-order valence-electron chi connectivity index (χ0n) is 15.7. The molecule has 0 radical (unpaired) electrons. The largest absolute Gasteiger partial charge is 0.355 e. The lowest BCUT2D eigenvalue weighted by atomic mass is 10.1. The molecule has 3 aromatic rings. The number of aromatic nitrogens is 1. The summed E-state index contributed by atoms with van der Waals surface area (Å²) in [6.07, 6.45) is 1.88. The fourth-order valence-corrected chi connectivity index (χ4v) is 4.38. The maximum atomic E-state index is 12.8. The summed E-state index contributed by atoms with van der Waals surface area (Å²) < 4.78 is 33.3. The fraction of sp³-hybridized carbons (Fsp3) is 0.250. The summed E-state index contributed by atoms with van der Waals surface area (Å²) in [6, 6.07) is 10.4. The van der Waals surface area contributed by atoms with Crippen molar-refractivity contribution >= 4 is 38.4 Å². The SMILES string of the molecule is CC(=O)c1ccc(NS(=O)(=O)c2ccc3onc(C(=O)N4CCCC4)c3c2)cc1. The van der Waals surface area contributed by atoms with Crippen molar-refractivity contribution in [3.8, 4) is 0 Å². The molecule has 1 saturated heterocycles. The highest BCUT2D eigenvalue weighted by molar-refractivity contribution is 7.92. The molecule has 0 unspecified atom stereocenters. The highest BCUT2D eigenvalue weighted by Gasteiger charge is 2.26. The van der Waals surface area contributed by atoms with E-state index in [1.165, 1.54) is 37.3 Å². The lowest BCUT2D eigenvalue weighted by molar-refractivity contribution is 0.0784. The average Bonchev–Trinajstić information content (AvgIpc) is 3.37. The van der Waals surface area contributed by atoms with Gasteiger partial charge in [-0.25, -0.2) is 8.42 Å². The molecule has 8 nitrogen and oxygen atoms in total. The summed E-state index contributed by atoms with van der Waals surface area (Å²) >= 11 is 0. The van der Waals surface area contributed by atoms with E-state index in [0.29, 0.717) is 35.3 Å². The Kier molecular flexibility index (Phi) is 4.83. The van der Waals surface area contributed by atoms with Gasteiger partial charge in [0.1, 0.15) is 0 Å². The Balaban J connectivity index is 1.64. The molecule has 2 aromatic carbocycles. The van der Waals surface area contributed by atoms with Gasteiger partial charge in [0.25, 0.3) is 15.9 Å². The van der Waals surface area contributed by atoms with E-state index in [0.717, 1.165) is 12.8 Å². The minimum absolute atomic E-state index is 0.0145. The van der Waals surface area contributed by atoms with Crippen LogP contribution in [0.3, 0.4) is 0 Å². The van der Waals surface area contributed by atoms with Crippen LogP contribution in [0.5, 0.6) is 0 Å². The number of amides is 1. The number of rotatable bonds is 5. The molecule has 0 saturated carbocycles. The Morgan fingerprint density at radius 1 is 1.07 bits per heavy atom. The molecule has 4 rings (SSSR count). The lowest BCUT2D eigenvalue weighted by Crippen LogP contribution is -2.28. The van der Waals surface area contributed by atoms with E-state index < -0.39 is 10.0 Å². The quantitative estimate of drug-likeness (QED) is 0.644. The van der Waals surface area contributed by atoms with Gasteiger partial charge in [-0.2, -0.15) is 0 Å². The van der Waals surface area contributed by atoms with Crippen LogP contribution in [0, 0.1) is 0 Å². The van der Waals surface area contributed by atoms with Crippen molar-refractivity contribution < 1.29 is 22.5 Å². The van der Waals surface area contributed by atoms with Crippen molar-refractivity contribution in [2.24, 2.45) is 0 Å². The molecule has 2 heterocycles. The van der Waals surface area contributed by atoms with Gasteiger partial charge in [0.15, 0.2) is 17.1 Å². The number of nitrogens with one attached hydrogen (secondary N) is 1. The fourth-order valence-electron chi connectivity index (χ4n) is 3.30. The van der Waals surface area contributed by atoms with Crippen molar-refractivity contribution in [1.29, 1.82) is 0 Å². The maximum absolute atomic E-state index is 12.8. The summed E-state index contributed by atoms with van der Waals surface area (Å²) in [5.74, 6) is -0.365. The Hall–Kier alpha value is -3.20. The van der Waals surface area contributed by atoms with Gasteiger partial charge < -0.3 is 9.42 Å². The minimum Gasteiger partial charge on any atom is -0.355 e. The molecule has 1 amide bonds. The Morgan fingerprint density at radius 2 is 1.76 bits per heavy atom. The molecule has 9 heteroatoms. The summed E-state index contributed by atoms with van der Waals surface area (Å²) in [5.41, 5.74) is 1.28. The number of sulfonamides is 1. The number of anilines is 1. The number of hydrogen-bond donors (Lipinski definition) is 1. The highest BCUT2D eigenvalue weighted by Crippen LogP contribution is 2.26. The van der Waals surface area contributed by atoms with Gasteiger partial charge in [0, 0.05) is 24.3 Å². The molecule has 1 N–H and O–H groups in total. The summed E-state index contributed by atoms with van der Waals surface area (Å²) in [4.78, 5) is 25.7. The van der Waals surface area contributed by atoms with Gasteiger partial charge in [0.05, 0.1) is 10.3 Å². The van der Waals surface area contributed by atoms with Crippen molar-refractivity contribution in [2.45, 2.75) is 24.7 Å². The Labute approximate surface area is 167 Å². The van der Waals surface area contributed by atoms with Crippen LogP contribution >= 0.6 is 0 Å². The molecule has 0 bridgehead atoms. The first-order chi connectivity index (χ1) is 13.8. The van der Waals surface area contributed by atoms with E-state index in [2.05, 4.69) is 9.88 Å². The lowest BCUT2D eigenvalue weighted by Gasteiger charge is -2.13. The van der Waals surface area contributed by atoms with E-state index >= 15 is 0 Å². The van der Waals surface area contributed by atoms with E-state index in [1.54, 1.807) is 17.0 Å². The number of benzene rings is 2. The van der Waals surface area contributed by atoms with Gasteiger partial charge >= 0.3 is 0 Å². The standard InChI is InChI=1S/C20H19N3O5S/c1-13(24)14-4-6-15(7-5-14)22-29(26,27)16-8-9-18-17(12-16)19(21-28-18)20(25)23-10-2-3-11-23/h4-9,12,22H,2-3,10-11H2,1H3. The number of nitrogens with zero attached hydrogens (tertiary/aromatic N) is 2. The number of ketones is 1. The van der Waals surface area contributed by atoms with Gasteiger partial charge in [-0.1, -0.05) is 5.16 Å². The van der Waals surface area contributed by atoms with Crippen LogP contribution in [0.15, 0.2) is 51.9 Å². The van der Waals surface area contributed by atoms with Crippen LogP contribution in [0.1, 0.15) is 40.6 Å². The number of Topliss-reactive ketones (excluding diaryl/α,β-unsaturated/α-hetero) is 1. The predicted molar refractivity (Wildman–Crippen MR) is 106 cm³/mol. The number of carbonyl (C=O) groups excluding carboxylic acids is 2. The molecule has 1 aromatic heterocycles. The highest BCUT2D eigenvalue weighted by atomic mass is 32.2. The van der Waals surface area contributed by atoms with Gasteiger partial charge in [0.2, 0.25) is 0 Å². The van der Waals surface area contributed by atoms with Crippen molar-refractivity contribution in [3.63, 3.8) is 0 Å². The zero-order valence-corrected chi connectivity index (χ0v) is 16.5. The van der Waals surface area contributed by atoms with E-state index in [4.69, 9.17) is 4.52 Å². The minimum atomic E-state index is -3.91. The smallest absolute Gasteiger partial charge is 0.276 e. The number of hydrogen-bond acceptors (Lipinski definition) is 6. The maximum Gasteiger partial charge on any atom is 0.276 e. The summed E-state index contributed by atoms with van der Waals surface area (Å²) in [6.45, 7) is 2.75. The van der Waals surface area contributed by atoms with Gasteiger partial charge in [-0.05, 0) is 62.2 Å². The molecular weight excluding hydrogens is 394 g/mol. The van der Waals surface area contributed by atoms with Crippen LogP contribution in [-0.4, -0.2) is 43.3 Å². The van der Waals surface area contributed by atoms with E-state index in [1.807, 2.05) is 0 Å². The third kappa shape index (κ3) is 3.73. The normalized spacial score (nSPS) is 14.3. The van der Waals surface area contributed by atoms with Crippen LogP contribution in [0.2, 0.25) is 0 Å². The Bertz CT molecular complexity index is 1190. The van der Waals surface area contributed by atoms with Gasteiger partial charge in [-0.15, -0.1) is 0 Å². The topological polar surface area (TPSA) is 110 Å². The molecule has 0 aliphatic carbocycles. The van der Waals surface area contributed by atoms with Crippen LogP contribution < -0.4 is 4.72 Å². The molecular formula is C20H19N3O5S. The number of fused-ring (bicyclic) bond motifs is 1. The summed E-state index contributed by atoms with van der Waals surface area (Å²) in [7, 11) is -3.91. The molecule has 0 spiro atoms. The average molecular weight is 413 g/mol. The van der Waals surface area contributed by atoms with Crippen LogP contribution in [0.4, 0.5) is 5.69 Å². The first kappa shape index (κ1) is 19.1. The molecule has 1 aliphatic rings. The number of likely N-dealkylation sites (tertiary alicyclic amines) is 1. The van der Waals surface area contributed by atoms with E-state index in [9.17, 15) is 18.0 Å². The second-order valence-electron chi connectivity index (χ2n) is 6.93. The first-order valence-electron chi connectivity index (χ1n) is 9.18. The third-order valence-corrected chi connectivity index (χ3v) is 6.27. The molecule has 150 valence electrons. The van der Waals surface area contributed by atoms with Crippen LogP contribution in [0.25, 0.3) is 11.0 Å². The second-order valence-corrected chi connectivity index (χ2v) is 8.61. The van der Waals surface area contributed by atoms with Crippen LogP contribution in [-0.2, 0) is 10.0 Å².